The molecule has 0 aromatic heterocycles. The van der Waals surface area contributed by atoms with E-state index in [1.165, 1.54) is 19.4 Å². The van der Waals surface area contributed by atoms with Crippen LogP contribution in [0.1, 0.15) is 43.9 Å². The molecule has 4 heteroatoms. The molecule has 3 nitrogen and oxygen atoms in total. The summed E-state index contributed by atoms with van der Waals surface area (Å²) < 4.78 is 13.8. The van der Waals surface area contributed by atoms with E-state index in [4.69, 9.17) is 5.73 Å². The number of benzene rings is 1. The quantitative estimate of drug-likeness (QED) is 0.905. The van der Waals surface area contributed by atoms with Crippen molar-refractivity contribution >= 4 is 5.69 Å². The second-order valence-corrected chi connectivity index (χ2v) is 6.25. The maximum absolute atomic E-state index is 13.8. The van der Waals surface area contributed by atoms with Crippen LogP contribution in [0.4, 0.5) is 10.1 Å². The van der Waals surface area contributed by atoms with Gasteiger partial charge in [-0.25, -0.2) is 4.39 Å². The van der Waals surface area contributed by atoms with E-state index in [1.807, 2.05) is 19.9 Å². The molecule has 2 rings (SSSR count). The molecule has 2 N–H and O–H groups in total. The molecule has 2 atom stereocenters. The topological polar surface area (TPSA) is 32.5 Å². The Kier molecular flexibility index (Phi) is 5.22. The first-order chi connectivity index (χ1) is 9.93. The molecule has 1 aliphatic rings. The lowest BCUT2D eigenvalue weighted by atomic mass is 10.0. The van der Waals surface area contributed by atoms with Crippen LogP contribution in [0.25, 0.3) is 0 Å². The third-order valence-corrected chi connectivity index (χ3v) is 4.60. The van der Waals surface area contributed by atoms with E-state index in [0.717, 1.165) is 24.3 Å². The van der Waals surface area contributed by atoms with E-state index in [0.29, 0.717) is 11.6 Å². The molecule has 1 aromatic rings. The van der Waals surface area contributed by atoms with Crippen LogP contribution in [0, 0.1) is 12.7 Å². The lowest BCUT2D eigenvalue weighted by Crippen LogP contribution is -2.39. The Morgan fingerprint density at radius 1 is 1.48 bits per heavy atom. The highest BCUT2D eigenvalue weighted by atomic mass is 19.1. The molecule has 118 valence electrons. The molecule has 0 saturated carbocycles. The van der Waals surface area contributed by atoms with Crippen LogP contribution in [-0.2, 0) is 0 Å². The van der Waals surface area contributed by atoms with Crippen LogP contribution < -0.4 is 10.6 Å². The Balaban J connectivity index is 2.22. The highest BCUT2D eigenvalue weighted by Crippen LogP contribution is 2.29. The van der Waals surface area contributed by atoms with Crippen LogP contribution in [0.3, 0.4) is 0 Å². The van der Waals surface area contributed by atoms with Crippen molar-refractivity contribution in [2.45, 2.75) is 45.7 Å². The van der Waals surface area contributed by atoms with E-state index in [2.05, 4.69) is 23.8 Å². The molecule has 1 aliphatic heterocycles. The molecule has 0 bridgehead atoms. The van der Waals surface area contributed by atoms with Gasteiger partial charge >= 0.3 is 0 Å². The lowest BCUT2D eigenvalue weighted by Gasteiger charge is -2.31. The van der Waals surface area contributed by atoms with Gasteiger partial charge < -0.3 is 10.6 Å². The molecule has 0 aliphatic carbocycles. The van der Waals surface area contributed by atoms with E-state index in [1.54, 1.807) is 6.07 Å². The van der Waals surface area contributed by atoms with Crippen molar-refractivity contribution < 1.29 is 4.39 Å². The first-order valence-corrected chi connectivity index (χ1v) is 7.94. The number of aryl methyl sites for hydroxylation is 1. The van der Waals surface area contributed by atoms with Crippen molar-refractivity contribution in [3.63, 3.8) is 0 Å². The van der Waals surface area contributed by atoms with Crippen molar-refractivity contribution in [3.8, 4) is 0 Å². The molecule has 1 heterocycles. The van der Waals surface area contributed by atoms with Crippen molar-refractivity contribution in [3.05, 3.63) is 29.1 Å². The van der Waals surface area contributed by atoms with Gasteiger partial charge in [0.15, 0.2) is 0 Å². The first-order valence-electron chi connectivity index (χ1n) is 7.94. The maximum Gasteiger partial charge on any atom is 0.126 e. The third-order valence-electron chi connectivity index (χ3n) is 4.60. The lowest BCUT2D eigenvalue weighted by molar-refractivity contribution is 0.270. The molecule has 1 saturated heterocycles. The summed E-state index contributed by atoms with van der Waals surface area (Å²) in [7, 11) is 2.09. The van der Waals surface area contributed by atoms with Gasteiger partial charge in [0, 0.05) is 31.4 Å². The van der Waals surface area contributed by atoms with Gasteiger partial charge in [-0.1, -0.05) is 6.92 Å². The fourth-order valence-corrected chi connectivity index (χ4v) is 3.31. The van der Waals surface area contributed by atoms with Gasteiger partial charge in [0.1, 0.15) is 5.82 Å². The molecule has 1 fully saturated rings. The van der Waals surface area contributed by atoms with Crippen LogP contribution in [-0.4, -0.2) is 37.6 Å². The Hall–Kier alpha value is -1.13. The Labute approximate surface area is 127 Å². The number of halogens is 1. The number of nitrogens with two attached hydrogens (primary N) is 1. The van der Waals surface area contributed by atoms with Crippen molar-refractivity contribution in [1.29, 1.82) is 0 Å². The van der Waals surface area contributed by atoms with Gasteiger partial charge in [-0.05, 0) is 63.0 Å². The molecule has 1 unspecified atom stereocenters. The van der Waals surface area contributed by atoms with Gasteiger partial charge in [0.25, 0.3) is 0 Å². The largest absolute Gasteiger partial charge is 0.373 e. The van der Waals surface area contributed by atoms with Crippen molar-refractivity contribution in [2.75, 3.05) is 31.6 Å². The highest BCUT2D eigenvalue weighted by Gasteiger charge is 2.25. The van der Waals surface area contributed by atoms with Crippen LogP contribution >= 0.6 is 0 Å². The molecule has 21 heavy (non-hydrogen) atoms. The number of rotatable bonds is 5. The zero-order valence-electron chi connectivity index (χ0n) is 13.7. The van der Waals surface area contributed by atoms with Gasteiger partial charge in [-0.2, -0.15) is 0 Å². The zero-order chi connectivity index (χ0) is 15.6. The fraction of sp³-hybridized carbons (Fsp3) is 0.647. The minimum Gasteiger partial charge on any atom is -0.373 e. The molecular weight excluding hydrogens is 265 g/mol. The number of nitrogens with zero attached hydrogens (tertiary/aromatic N) is 2. The van der Waals surface area contributed by atoms with Crippen LogP contribution in [0.5, 0.6) is 0 Å². The maximum atomic E-state index is 13.8. The summed E-state index contributed by atoms with van der Waals surface area (Å²) in [5, 5.41) is 0. The second-order valence-electron chi connectivity index (χ2n) is 6.25. The summed E-state index contributed by atoms with van der Waals surface area (Å²) in [6, 6.07) is 3.95. The van der Waals surface area contributed by atoms with Gasteiger partial charge in [-0.3, -0.25) is 4.90 Å². The van der Waals surface area contributed by atoms with Crippen molar-refractivity contribution in [2.24, 2.45) is 5.73 Å². The minimum atomic E-state index is -0.171. The summed E-state index contributed by atoms with van der Waals surface area (Å²) >= 11 is 0. The molecule has 0 amide bonds. The summed E-state index contributed by atoms with van der Waals surface area (Å²) in [5.74, 6) is -0.171. The summed E-state index contributed by atoms with van der Waals surface area (Å²) in [4.78, 5) is 4.77. The molecule has 0 spiro atoms. The standard InChI is InChI=1S/C17H28FN3/c1-5-21-8-6-7-14(21)11-20(4)17-9-12(2)16(18)10-15(17)13(3)19/h9-10,13-14H,5-8,11,19H2,1-4H3/t13-,14?/m0/s1. The van der Waals surface area contributed by atoms with Gasteiger partial charge in [0.05, 0.1) is 0 Å². The molecule has 1 aromatic carbocycles. The van der Waals surface area contributed by atoms with Crippen molar-refractivity contribution in [1.82, 2.24) is 4.90 Å². The fourth-order valence-electron chi connectivity index (χ4n) is 3.31. The van der Waals surface area contributed by atoms with Crippen LogP contribution in [0.2, 0.25) is 0 Å². The highest BCUT2D eigenvalue weighted by molar-refractivity contribution is 5.56. The number of hydrogen-bond acceptors (Lipinski definition) is 3. The number of likely N-dealkylation sites (tertiary alicyclic amines) is 1. The Morgan fingerprint density at radius 2 is 2.19 bits per heavy atom. The predicted molar refractivity (Wildman–Crippen MR) is 87.3 cm³/mol. The van der Waals surface area contributed by atoms with E-state index < -0.39 is 0 Å². The second kappa shape index (κ2) is 6.75. The smallest absolute Gasteiger partial charge is 0.126 e. The average Bonchev–Trinajstić information content (AvgIpc) is 2.88. The molecular formula is C17H28FN3. The zero-order valence-corrected chi connectivity index (χ0v) is 13.7. The van der Waals surface area contributed by atoms with Gasteiger partial charge in [-0.15, -0.1) is 0 Å². The third kappa shape index (κ3) is 3.55. The summed E-state index contributed by atoms with van der Waals surface area (Å²) in [6.45, 7) is 9.20. The van der Waals surface area contributed by atoms with E-state index in [9.17, 15) is 4.39 Å². The number of likely N-dealkylation sites (N-methyl/N-ethyl adjacent to an activating group) is 2. The molecule has 0 radical (unpaired) electrons. The number of hydrogen-bond donors (Lipinski definition) is 1. The number of anilines is 1. The minimum absolute atomic E-state index is 0.164. The Bertz CT molecular complexity index is 487. The monoisotopic (exact) mass is 293 g/mol. The summed E-state index contributed by atoms with van der Waals surface area (Å²) in [5.41, 5.74) is 8.66. The predicted octanol–water partition coefficient (Wildman–Crippen LogP) is 3.07. The van der Waals surface area contributed by atoms with Gasteiger partial charge in [0.2, 0.25) is 0 Å². The first kappa shape index (κ1) is 16.2. The normalized spacial score (nSPS) is 20.8. The van der Waals surface area contributed by atoms with E-state index >= 15 is 0 Å². The Morgan fingerprint density at radius 3 is 2.81 bits per heavy atom. The van der Waals surface area contributed by atoms with E-state index in [-0.39, 0.29) is 11.9 Å². The average molecular weight is 293 g/mol. The van der Waals surface area contributed by atoms with Crippen LogP contribution in [0.15, 0.2) is 12.1 Å². The SMILES string of the molecule is CCN1CCCC1CN(C)c1cc(C)c(F)cc1[C@H](C)N. The summed E-state index contributed by atoms with van der Waals surface area (Å²) in [6.07, 6.45) is 2.51.